The van der Waals surface area contributed by atoms with Gasteiger partial charge in [0.05, 0.1) is 24.7 Å². The molecule has 0 aliphatic carbocycles. The third kappa shape index (κ3) is 4.72. The first-order valence-corrected chi connectivity index (χ1v) is 11.1. The van der Waals surface area contributed by atoms with Crippen molar-refractivity contribution in [3.05, 3.63) is 63.7 Å². The minimum Gasteiger partial charge on any atom is -0.497 e. The number of hydrogen-bond acceptors (Lipinski definition) is 7. The van der Waals surface area contributed by atoms with Gasteiger partial charge in [-0.2, -0.15) is 0 Å². The molecule has 1 unspecified atom stereocenters. The van der Waals surface area contributed by atoms with Gasteiger partial charge in [-0.05, 0) is 49.6 Å². The number of methoxy groups -OCH3 is 1. The molecule has 0 saturated carbocycles. The fourth-order valence-electron chi connectivity index (χ4n) is 3.67. The summed E-state index contributed by atoms with van der Waals surface area (Å²) in [5, 5.41) is 20.9. The van der Waals surface area contributed by atoms with Gasteiger partial charge < -0.3 is 9.47 Å². The molecule has 2 heterocycles. The first-order valence-electron chi connectivity index (χ1n) is 10.1. The van der Waals surface area contributed by atoms with Crippen LogP contribution in [0.4, 0.5) is 5.69 Å². The summed E-state index contributed by atoms with van der Waals surface area (Å²) in [6.45, 7) is 3.23. The summed E-state index contributed by atoms with van der Waals surface area (Å²) in [6.07, 6.45) is 2.20. The fraction of sp³-hybridized carbons (Fsp3) is 0.364. The molecule has 1 saturated heterocycles. The highest BCUT2D eigenvalue weighted by Gasteiger charge is 2.22. The summed E-state index contributed by atoms with van der Waals surface area (Å²) in [6, 6.07) is 12.9. The minimum atomic E-state index is -0.342. The van der Waals surface area contributed by atoms with Crippen LogP contribution in [0, 0.1) is 17.0 Å². The van der Waals surface area contributed by atoms with E-state index in [9.17, 15) is 10.1 Å². The molecular formula is C22H24N4O4S. The van der Waals surface area contributed by atoms with Crippen molar-refractivity contribution < 1.29 is 14.4 Å². The fourth-order valence-corrected chi connectivity index (χ4v) is 4.68. The molecule has 1 aromatic heterocycles. The molecule has 3 aromatic rings. The number of nitro groups is 1. The second-order valence-electron chi connectivity index (χ2n) is 7.39. The molecule has 1 aliphatic heterocycles. The van der Waals surface area contributed by atoms with Gasteiger partial charge in [0, 0.05) is 29.6 Å². The van der Waals surface area contributed by atoms with E-state index in [1.807, 2.05) is 30.3 Å². The van der Waals surface area contributed by atoms with Crippen LogP contribution in [0.3, 0.4) is 0 Å². The van der Waals surface area contributed by atoms with Gasteiger partial charge in [0.15, 0.2) is 11.0 Å². The number of rotatable bonds is 8. The van der Waals surface area contributed by atoms with Gasteiger partial charge in [-0.25, -0.2) is 0 Å². The molecule has 1 aliphatic rings. The van der Waals surface area contributed by atoms with Crippen molar-refractivity contribution in [3.8, 4) is 17.1 Å². The van der Waals surface area contributed by atoms with E-state index in [2.05, 4.69) is 14.8 Å². The first-order chi connectivity index (χ1) is 15.1. The van der Waals surface area contributed by atoms with Gasteiger partial charge in [0.1, 0.15) is 5.75 Å². The van der Waals surface area contributed by atoms with Crippen molar-refractivity contribution in [2.45, 2.75) is 43.3 Å². The number of nitrogens with zero attached hydrogens (tertiary/aromatic N) is 4. The van der Waals surface area contributed by atoms with Crippen molar-refractivity contribution >= 4 is 17.4 Å². The quantitative estimate of drug-likeness (QED) is 0.286. The Kier molecular flexibility index (Phi) is 6.53. The molecule has 0 N–H and O–H groups in total. The second-order valence-corrected chi connectivity index (χ2v) is 8.33. The predicted octanol–water partition coefficient (Wildman–Crippen LogP) is 4.64. The Labute approximate surface area is 184 Å². The van der Waals surface area contributed by atoms with E-state index in [1.54, 1.807) is 20.1 Å². The third-order valence-electron chi connectivity index (χ3n) is 5.45. The third-order valence-corrected chi connectivity index (χ3v) is 6.46. The Morgan fingerprint density at radius 3 is 2.74 bits per heavy atom. The van der Waals surface area contributed by atoms with Crippen LogP contribution in [0.1, 0.15) is 24.0 Å². The van der Waals surface area contributed by atoms with E-state index in [0.29, 0.717) is 17.9 Å². The molecule has 31 heavy (non-hydrogen) atoms. The molecule has 2 aromatic carbocycles. The number of thioether (sulfide) groups is 1. The Morgan fingerprint density at radius 1 is 1.26 bits per heavy atom. The lowest BCUT2D eigenvalue weighted by molar-refractivity contribution is -0.385. The predicted molar refractivity (Wildman–Crippen MR) is 118 cm³/mol. The Balaban J connectivity index is 1.61. The molecule has 4 rings (SSSR count). The summed E-state index contributed by atoms with van der Waals surface area (Å²) >= 11 is 1.53. The van der Waals surface area contributed by atoms with Gasteiger partial charge >= 0.3 is 0 Å². The number of benzene rings is 2. The monoisotopic (exact) mass is 440 g/mol. The minimum absolute atomic E-state index is 0.131. The van der Waals surface area contributed by atoms with Gasteiger partial charge in [0.25, 0.3) is 5.69 Å². The zero-order valence-electron chi connectivity index (χ0n) is 17.5. The van der Waals surface area contributed by atoms with Gasteiger partial charge in [0.2, 0.25) is 0 Å². The average Bonchev–Trinajstić information content (AvgIpc) is 3.43. The standard InChI is InChI=1S/C22H24N4O4S/c1-15-17(5-3-7-20(15)26(27)28)14-31-22-24-23-21(16-8-10-18(29-2)11-9-16)25(22)13-19-6-4-12-30-19/h3,5,7-11,19H,4,6,12-14H2,1-2H3. The lowest BCUT2D eigenvalue weighted by Gasteiger charge is -2.15. The smallest absolute Gasteiger partial charge is 0.272 e. The highest BCUT2D eigenvalue weighted by Crippen LogP contribution is 2.31. The summed E-state index contributed by atoms with van der Waals surface area (Å²) in [5.41, 5.74) is 2.68. The first kappa shape index (κ1) is 21.3. The van der Waals surface area contributed by atoms with Crippen LogP contribution in [0.25, 0.3) is 11.4 Å². The highest BCUT2D eigenvalue weighted by atomic mass is 32.2. The van der Waals surface area contributed by atoms with Crippen LogP contribution >= 0.6 is 11.8 Å². The van der Waals surface area contributed by atoms with E-state index in [1.165, 1.54) is 17.8 Å². The maximum Gasteiger partial charge on any atom is 0.272 e. The van der Waals surface area contributed by atoms with Crippen LogP contribution in [0.15, 0.2) is 47.6 Å². The van der Waals surface area contributed by atoms with Gasteiger partial charge in [-0.15, -0.1) is 10.2 Å². The average molecular weight is 441 g/mol. The van der Waals surface area contributed by atoms with Crippen molar-refractivity contribution in [2.24, 2.45) is 0 Å². The zero-order valence-corrected chi connectivity index (χ0v) is 18.3. The SMILES string of the molecule is COc1ccc(-c2nnc(SCc3cccc([N+](=O)[O-])c3C)n2CC2CCCO2)cc1. The molecular weight excluding hydrogens is 416 g/mol. The molecule has 0 radical (unpaired) electrons. The molecule has 0 bridgehead atoms. The molecule has 162 valence electrons. The summed E-state index contributed by atoms with van der Waals surface area (Å²) in [4.78, 5) is 10.9. The number of hydrogen-bond donors (Lipinski definition) is 0. The Hall–Kier alpha value is -2.91. The Bertz CT molecular complexity index is 1060. The molecule has 9 heteroatoms. The lowest BCUT2D eigenvalue weighted by atomic mass is 10.1. The van der Waals surface area contributed by atoms with E-state index in [4.69, 9.17) is 9.47 Å². The number of aromatic nitrogens is 3. The van der Waals surface area contributed by atoms with Crippen molar-refractivity contribution in [1.29, 1.82) is 0 Å². The maximum atomic E-state index is 11.3. The molecule has 8 nitrogen and oxygen atoms in total. The topological polar surface area (TPSA) is 92.3 Å². The molecule has 1 atom stereocenters. The van der Waals surface area contributed by atoms with Crippen molar-refractivity contribution in [2.75, 3.05) is 13.7 Å². The molecule has 0 amide bonds. The lowest BCUT2D eigenvalue weighted by Crippen LogP contribution is -2.16. The normalized spacial score (nSPS) is 15.9. The van der Waals surface area contributed by atoms with E-state index < -0.39 is 0 Å². The van der Waals surface area contributed by atoms with Gasteiger partial charge in [-0.3, -0.25) is 14.7 Å². The van der Waals surface area contributed by atoms with E-state index >= 15 is 0 Å². The number of nitro benzene ring substituents is 1. The maximum absolute atomic E-state index is 11.3. The largest absolute Gasteiger partial charge is 0.497 e. The summed E-state index contributed by atoms with van der Waals surface area (Å²) in [7, 11) is 1.64. The van der Waals surface area contributed by atoms with E-state index in [-0.39, 0.29) is 16.7 Å². The number of ether oxygens (including phenoxy) is 2. The summed E-state index contributed by atoms with van der Waals surface area (Å²) < 4.78 is 13.2. The van der Waals surface area contributed by atoms with Gasteiger partial charge in [-0.1, -0.05) is 23.9 Å². The molecule has 1 fully saturated rings. The highest BCUT2D eigenvalue weighted by molar-refractivity contribution is 7.98. The van der Waals surface area contributed by atoms with Crippen molar-refractivity contribution in [3.63, 3.8) is 0 Å². The molecule has 0 spiro atoms. The van der Waals surface area contributed by atoms with Crippen LogP contribution in [0.5, 0.6) is 5.75 Å². The summed E-state index contributed by atoms with van der Waals surface area (Å²) in [5.74, 6) is 2.13. The second kappa shape index (κ2) is 9.49. The van der Waals surface area contributed by atoms with Crippen LogP contribution in [-0.2, 0) is 17.0 Å². The van der Waals surface area contributed by atoms with E-state index in [0.717, 1.165) is 47.3 Å². The van der Waals surface area contributed by atoms with Crippen LogP contribution in [0.2, 0.25) is 0 Å². The van der Waals surface area contributed by atoms with Crippen LogP contribution in [-0.4, -0.2) is 39.5 Å². The Morgan fingerprint density at radius 2 is 2.06 bits per heavy atom. The van der Waals surface area contributed by atoms with Crippen LogP contribution < -0.4 is 4.74 Å². The van der Waals surface area contributed by atoms with Crippen molar-refractivity contribution in [1.82, 2.24) is 14.8 Å². The zero-order chi connectivity index (χ0) is 21.8.